The maximum atomic E-state index is 13.7. The van der Waals surface area contributed by atoms with Crippen molar-refractivity contribution < 1.29 is 4.39 Å². The molecule has 1 unspecified atom stereocenters. The lowest BCUT2D eigenvalue weighted by molar-refractivity contribution is 0.540. The Morgan fingerprint density at radius 2 is 1.83 bits per heavy atom. The highest BCUT2D eigenvalue weighted by molar-refractivity contribution is 5.46. The smallest absolute Gasteiger partial charge is 0.123 e. The van der Waals surface area contributed by atoms with Crippen LogP contribution in [0.5, 0.6) is 0 Å². The Morgan fingerprint density at radius 1 is 1.09 bits per heavy atom. The quantitative estimate of drug-likeness (QED) is 0.794. The minimum atomic E-state index is -0.156. The maximum Gasteiger partial charge on any atom is 0.123 e. The topological polar surface area (TPSA) is 38.0 Å². The van der Waals surface area contributed by atoms with Gasteiger partial charge in [0.05, 0.1) is 0 Å². The fraction of sp³-hybridized carbons (Fsp3) is 0.300. The second-order valence-corrected chi connectivity index (χ2v) is 6.14. The second-order valence-electron chi connectivity index (χ2n) is 6.14. The van der Waals surface area contributed by atoms with Crippen molar-refractivity contribution in [1.82, 2.24) is 5.32 Å². The van der Waals surface area contributed by atoms with Gasteiger partial charge in [0, 0.05) is 24.5 Å². The highest BCUT2D eigenvalue weighted by Crippen LogP contribution is 2.45. The second kappa shape index (κ2) is 6.54. The summed E-state index contributed by atoms with van der Waals surface area (Å²) in [4.78, 5) is 0. The summed E-state index contributed by atoms with van der Waals surface area (Å²) in [5.41, 5.74) is 10.9. The van der Waals surface area contributed by atoms with E-state index in [0.717, 1.165) is 18.4 Å². The molecular weight excluding hydrogens is 287 g/mol. The fourth-order valence-corrected chi connectivity index (χ4v) is 3.94. The average Bonchev–Trinajstić information content (AvgIpc) is 2.98. The van der Waals surface area contributed by atoms with E-state index in [0.29, 0.717) is 18.5 Å². The SMILES string of the molecule is C#C.NC[C@@H]1C[C@@H]2c3ccccc3Cc3ccc(F)cc3C2N1. The first-order valence-corrected chi connectivity index (χ1v) is 7.92. The van der Waals surface area contributed by atoms with Crippen LogP contribution in [0.1, 0.15) is 40.6 Å². The zero-order chi connectivity index (χ0) is 16.4. The zero-order valence-corrected chi connectivity index (χ0v) is 13.0. The first kappa shape index (κ1) is 15.7. The van der Waals surface area contributed by atoms with Gasteiger partial charge in [0.2, 0.25) is 0 Å². The molecule has 3 atom stereocenters. The van der Waals surface area contributed by atoms with Gasteiger partial charge in [0.25, 0.3) is 0 Å². The van der Waals surface area contributed by atoms with E-state index >= 15 is 0 Å². The highest BCUT2D eigenvalue weighted by atomic mass is 19.1. The van der Waals surface area contributed by atoms with Gasteiger partial charge >= 0.3 is 0 Å². The molecule has 1 fully saturated rings. The third-order valence-corrected chi connectivity index (χ3v) is 4.92. The van der Waals surface area contributed by atoms with Crippen LogP contribution in [0.2, 0.25) is 0 Å². The molecule has 2 nitrogen and oxygen atoms in total. The Kier molecular flexibility index (Phi) is 4.47. The van der Waals surface area contributed by atoms with Crippen LogP contribution in [0.4, 0.5) is 4.39 Å². The summed E-state index contributed by atoms with van der Waals surface area (Å²) >= 11 is 0. The molecule has 118 valence electrons. The van der Waals surface area contributed by atoms with E-state index < -0.39 is 0 Å². The average molecular weight is 308 g/mol. The van der Waals surface area contributed by atoms with Gasteiger partial charge in [-0.05, 0) is 47.2 Å². The number of hydrogen-bond donors (Lipinski definition) is 2. The lowest BCUT2D eigenvalue weighted by Gasteiger charge is -2.20. The maximum absolute atomic E-state index is 13.7. The van der Waals surface area contributed by atoms with Crippen molar-refractivity contribution in [3.63, 3.8) is 0 Å². The monoisotopic (exact) mass is 308 g/mol. The molecule has 2 aromatic carbocycles. The van der Waals surface area contributed by atoms with Gasteiger partial charge in [0.15, 0.2) is 0 Å². The third-order valence-electron chi connectivity index (χ3n) is 4.92. The van der Waals surface area contributed by atoms with Crippen LogP contribution < -0.4 is 11.1 Å². The van der Waals surface area contributed by atoms with Gasteiger partial charge in [0.1, 0.15) is 5.82 Å². The van der Waals surface area contributed by atoms with E-state index in [9.17, 15) is 4.39 Å². The molecule has 4 rings (SSSR count). The largest absolute Gasteiger partial charge is 0.329 e. The van der Waals surface area contributed by atoms with E-state index in [4.69, 9.17) is 5.73 Å². The van der Waals surface area contributed by atoms with Crippen molar-refractivity contribution >= 4 is 0 Å². The van der Waals surface area contributed by atoms with Crippen LogP contribution >= 0.6 is 0 Å². The number of terminal acetylenes is 1. The number of nitrogens with two attached hydrogens (primary N) is 1. The minimum Gasteiger partial charge on any atom is -0.329 e. The van der Waals surface area contributed by atoms with Gasteiger partial charge in [-0.3, -0.25) is 0 Å². The predicted octanol–water partition coefficient (Wildman–Crippen LogP) is 3.12. The van der Waals surface area contributed by atoms with Crippen molar-refractivity contribution in [2.45, 2.75) is 30.8 Å². The Balaban J connectivity index is 0.000000753. The van der Waals surface area contributed by atoms with Gasteiger partial charge in [-0.1, -0.05) is 30.3 Å². The number of fused-ring (bicyclic) bond motifs is 5. The molecule has 3 N–H and O–H groups in total. The molecule has 3 heteroatoms. The summed E-state index contributed by atoms with van der Waals surface area (Å²) in [5, 5.41) is 3.62. The summed E-state index contributed by atoms with van der Waals surface area (Å²) in [7, 11) is 0. The van der Waals surface area contributed by atoms with E-state index in [1.54, 1.807) is 12.1 Å². The molecule has 2 aromatic rings. The molecular formula is C20H21FN2. The molecule has 1 heterocycles. The van der Waals surface area contributed by atoms with E-state index in [1.165, 1.54) is 16.7 Å². The zero-order valence-electron chi connectivity index (χ0n) is 13.0. The van der Waals surface area contributed by atoms with Crippen LogP contribution in [0, 0.1) is 18.7 Å². The van der Waals surface area contributed by atoms with Crippen LogP contribution in [0.15, 0.2) is 42.5 Å². The molecule has 1 aliphatic carbocycles. The lowest BCUT2D eigenvalue weighted by atomic mass is 9.87. The van der Waals surface area contributed by atoms with Gasteiger partial charge < -0.3 is 11.1 Å². The normalized spacial score (nSPS) is 24.4. The Morgan fingerprint density at radius 3 is 2.61 bits per heavy atom. The molecule has 1 saturated heterocycles. The van der Waals surface area contributed by atoms with E-state index in [1.807, 2.05) is 6.07 Å². The number of nitrogens with one attached hydrogen (secondary N) is 1. The van der Waals surface area contributed by atoms with Gasteiger partial charge in [-0.2, -0.15) is 0 Å². The molecule has 0 spiro atoms. The lowest BCUT2D eigenvalue weighted by Crippen LogP contribution is -2.31. The van der Waals surface area contributed by atoms with E-state index in [-0.39, 0.29) is 11.9 Å². The Hall–Kier alpha value is -2.15. The highest BCUT2D eigenvalue weighted by Gasteiger charge is 2.38. The molecule has 0 bridgehead atoms. The summed E-state index contributed by atoms with van der Waals surface area (Å²) < 4.78 is 13.7. The van der Waals surface area contributed by atoms with Crippen LogP contribution in [0.25, 0.3) is 0 Å². The van der Waals surface area contributed by atoms with Crippen LogP contribution in [-0.2, 0) is 6.42 Å². The standard InChI is InChI=1S/C18H19FN2.C2H2/c19-13-6-5-12-7-11-3-1-2-4-15(11)17-9-14(10-20)21-18(17)16(12)8-13;1-2/h1-6,8,14,17-18,21H,7,9-10,20H2;1-2H/t14-,17+,18?;/m0./s1. The fourth-order valence-electron chi connectivity index (χ4n) is 3.94. The molecule has 0 aromatic heterocycles. The number of rotatable bonds is 1. The number of hydrogen-bond acceptors (Lipinski definition) is 2. The number of benzene rings is 2. The summed E-state index contributed by atoms with van der Waals surface area (Å²) in [6.07, 6.45) is 9.90. The number of halogens is 1. The van der Waals surface area contributed by atoms with Crippen molar-refractivity contribution in [2.75, 3.05) is 6.54 Å². The van der Waals surface area contributed by atoms with Crippen molar-refractivity contribution in [1.29, 1.82) is 0 Å². The molecule has 0 saturated carbocycles. The molecule has 2 aliphatic rings. The van der Waals surface area contributed by atoms with E-state index in [2.05, 4.69) is 42.4 Å². The van der Waals surface area contributed by atoms with Crippen molar-refractivity contribution in [2.24, 2.45) is 5.73 Å². The molecule has 23 heavy (non-hydrogen) atoms. The Bertz CT molecular complexity index is 723. The van der Waals surface area contributed by atoms with Crippen LogP contribution in [-0.4, -0.2) is 12.6 Å². The molecule has 0 radical (unpaired) electrons. The first-order valence-electron chi connectivity index (χ1n) is 7.92. The summed E-state index contributed by atoms with van der Waals surface area (Å²) in [6.45, 7) is 0.625. The van der Waals surface area contributed by atoms with Crippen molar-refractivity contribution in [3.8, 4) is 12.8 Å². The van der Waals surface area contributed by atoms with Crippen LogP contribution in [0.3, 0.4) is 0 Å². The summed E-state index contributed by atoms with van der Waals surface area (Å²) in [5.74, 6) is 0.231. The Labute approximate surface area is 136 Å². The van der Waals surface area contributed by atoms with Gasteiger partial charge in [-0.25, -0.2) is 4.39 Å². The van der Waals surface area contributed by atoms with Gasteiger partial charge in [-0.15, -0.1) is 12.8 Å². The third kappa shape index (κ3) is 2.76. The predicted molar refractivity (Wildman–Crippen MR) is 91.6 cm³/mol. The summed E-state index contributed by atoms with van der Waals surface area (Å²) in [6, 6.07) is 14.3. The molecule has 0 amide bonds. The minimum absolute atomic E-state index is 0.156. The molecule has 1 aliphatic heterocycles. The van der Waals surface area contributed by atoms with Crippen molar-refractivity contribution in [3.05, 3.63) is 70.5 Å². The first-order chi connectivity index (χ1) is 11.3.